The summed E-state index contributed by atoms with van der Waals surface area (Å²) < 4.78 is 24.1. The Bertz CT molecular complexity index is 838. The van der Waals surface area contributed by atoms with Crippen LogP contribution in [-0.2, 0) is 28.5 Å². The minimum absolute atomic E-state index is 0.0134. The Morgan fingerprint density at radius 2 is 0.865 bits per heavy atom. The van der Waals surface area contributed by atoms with Crippen molar-refractivity contribution in [3.05, 3.63) is 12.2 Å². The van der Waals surface area contributed by atoms with Crippen LogP contribution in [0.1, 0.15) is 83.5 Å². The highest BCUT2D eigenvalue weighted by Crippen LogP contribution is 2.58. The average Bonchev–Trinajstić information content (AvgIpc) is 3.44. The SMILES string of the molecule is O=C(OCOC12CC3CC(CC(C3)C1)C2)C1C2C=CC(C2)C1C(=O)OCOC12CC3CC(CC(C3)C1)C2. The predicted molar refractivity (Wildman–Crippen MR) is 134 cm³/mol. The van der Waals surface area contributed by atoms with E-state index in [0.717, 1.165) is 80.5 Å². The van der Waals surface area contributed by atoms with E-state index in [1.54, 1.807) is 0 Å². The Labute approximate surface area is 220 Å². The molecule has 0 heterocycles. The van der Waals surface area contributed by atoms with Crippen LogP contribution in [0.15, 0.2) is 12.2 Å². The first kappa shape index (κ1) is 23.5. The summed E-state index contributed by atoms with van der Waals surface area (Å²) in [5.41, 5.74) is -0.174. The summed E-state index contributed by atoms with van der Waals surface area (Å²) in [6.45, 7) is 0.0268. The molecule has 0 aliphatic heterocycles. The Morgan fingerprint density at radius 3 is 1.19 bits per heavy atom. The number of allylic oxidation sites excluding steroid dienone is 2. The Morgan fingerprint density at radius 1 is 0.541 bits per heavy atom. The largest absolute Gasteiger partial charge is 0.438 e. The Balaban J connectivity index is 0.866. The molecule has 0 aromatic heterocycles. The maximum atomic E-state index is 13.3. The molecule has 6 heteroatoms. The zero-order valence-corrected chi connectivity index (χ0v) is 22.0. The second-order valence-electron chi connectivity index (χ2n) is 14.7. The van der Waals surface area contributed by atoms with Crippen molar-refractivity contribution in [2.75, 3.05) is 13.6 Å². The van der Waals surface area contributed by atoms with E-state index in [1.165, 1.54) is 38.5 Å². The van der Waals surface area contributed by atoms with Crippen LogP contribution in [0, 0.1) is 59.2 Å². The molecule has 10 bridgehead atoms. The molecule has 0 saturated heterocycles. The molecule has 9 fully saturated rings. The first-order chi connectivity index (χ1) is 17.9. The number of ether oxygens (including phenoxy) is 4. The first-order valence-corrected chi connectivity index (χ1v) is 15.2. The van der Waals surface area contributed by atoms with Gasteiger partial charge in [0.2, 0.25) is 0 Å². The molecule has 0 aromatic carbocycles. The quantitative estimate of drug-likeness (QED) is 0.247. The van der Waals surface area contributed by atoms with E-state index in [2.05, 4.69) is 12.2 Å². The van der Waals surface area contributed by atoms with Crippen molar-refractivity contribution in [3.63, 3.8) is 0 Å². The molecule has 0 N–H and O–H groups in total. The van der Waals surface area contributed by atoms with Gasteiger partial charge in [-0.3, -0.25) is 9.59 Å². The maximum absolute atomic E-state index is 13.3. The molecule has 9 saturated carbocycles. The van der Waals surface area contributed by atoms with Gasteiger partial charge in [-0.25, -0.2) is 0 Å². The lowest BCUT2D eigenvalue weighted by Gasteiger charge is -2.56. The van der Waals surface area contributed by atoms with Gasteiger partial charge in [0.05, 0.1) is 23.0 Å². The number of carbonyl (C=O) groups excluding carboxylic acids is 2. The highest BCUT2D eigenvalue weighted by atomic mass is 16.7. The summed E-state index contributed by atoms with van der Waals surface area (Å²) in [5, 5.41) is 0. The third-order valence-corrected chi connectivity index (χ3v) is 12.1. The van der Waals surface area contributed by atoms with Gasteiger partial charge in [0, 0.05) is 0 Å². The summed E-state index contributed by atoms with van der Waals surface area (Å²) in [7, 11) is 0. The molecule has 10 aliphatic rings. The lowest BCUT2D eigenvalue weighted by molar-refractivity contribution is -0.218. The molecule has 10 rings (SSSR count). The van der Waals surface area contributed by atoms with Crippen molar-refractivity contribution in [2.45, 2.75) is 94.7 Å². The highest BCUT2D eigenvalue weighted by Gasteiger charge is 2.55. The van der Waals surface area contributed by atoms with E-state index >= 15 is 0 Å². The topological polar surface area (TPSA) is 71.1 Å². The van der Waals surface area contributed by atoms with Crippen molar-refractivity contribution in [3.8, 4) is 0 Å². The number of fused-ring (bicyclic) bond motifs is 2. The molecular formula is C31H42O6. The van der Waals surface area contributed by atoms with Crippen molar-refractivity contribution in [2.24, 2.45) is 59.2 Å². The maximum Gasteiger partial charge on any atom is 0.312 e. The van der Waals surface area contributed by atoms with Crippen LogP contribution in [0.5, 0.6) is 0 Å². The number of carbonyl (C=O) groups is 2. The number of hydrogen-bond acceptors (Lipinski definition) is 6. The van der Waals surface area contributed by atoms with Crippen LogP contribution in [0.3, 0.4) is 0 Å². The van der Waals surface area contributed by atoms with Gasteiger partial charge in [-0.05, 0) is 131 Å². The number of hydrogen-bond donors (Lipinski definition) is 0. The summed E-state index contributed by atoms with van der Waals surface area (Å²) in [4.78, 5) is 26.5. The molecule has 37 heavy (non-hydrogen) atoms. The molecule has 0 amide bonds. The van der Waals surface area contributed by atoms with E-state index in [1.807, 2.05) is 0 Å². The number of esters is 2. The highest BCUT2D eigenvalue weighted by molar-refractivity contribution is 5.84. The molecule has 0 spiro atoms. The molecule has 0 aromatic rings. The van der Waals surface area contributed by atoms with Gasteiger partial charge < -0.3 is 18.9 Å². The van der Waals surface area contributed by atoms with E-state index in [4.69, 9.17) is 18.9 Å². The van der Waals surface area contributed by atoms with Gasteiger partial charge in [-0.2, -0.15) is 0 Å². The van der Waals surface area contributed by atoms with E-state index < -0.39 is 11.8 Å². The fourth-order valence-electron chi connectivity index (χ4n) is 11.5. The Hall–Kier alpha value is -1.40. The van der Waals surface area contributed by atoms with Crippen LogP contribution in [0.4, 0.5) is 0 Å². The normalized spacial score (nSPS) is 51.7. The lowest BCUT2D eigenvalue weighted by atomic mass is 9.54. The predicted octanol–water partition coefficient (Wildman–Crippen LogP) is 5.40. The van der Waals surface area contributed by atoms with Gasteiger partial charge in [0.25, 0.3) is 0 Å². The molecule has 4 atom stereocenters. The molecule has 4 unspecified atom stereocenters. The lowest BCUT2D eigenvalue weighted by Crippen LogP contribution is -2.52. The molecule has 10 aliphatic carbocycles. The fraction of sp³-hybridized carbons (Fsp3) is 0.871. The summed E-state index contributed by atoms with van der Waals surface area (Å²) in [6.07, 6.45) is 19.9. The summed E-state index contributed by atoms with van der Waals surface area (Å²) >= 11 is 0. The van der Waals surface area contributed by atoms with Gasteiger partial charge >= 0.3 is 11.9 Å². The van der Waals surface area contributed by atoms with E-state index in [-0.39, 0.29) is 48.6 Å². The first-order valence-electron chi connectivity index (χ1n) is 15.2. The minimum Gasteiger partial charge on any atom is -0.438 e. The molecule has 202 valence electrons. The van der Waals surface area contributed by atoms with Crippen molar-refractivity contribution in [1.29, 1.82) is 0 Å². The van der Waals surface area contributed by atoms with E-state index in [0.29, 0.717) is 0 Å². The summed E-state index contributed by atoms with van der Waals surface area (Å²) in [6, 6.07) is 0. The van der Waals surface area contributed by atoms with Crippen LogP contribution in [0.2, 0.25) is 0 Å². The van der Waals surface area contributed by atoms with Crippen LogP contribution < -0.4 is 0 Å². The second-order valence-corrected chi connectivity index (χ2v) is 14.7. The third-order valence-electron chi connectivity index (χ3n) is 12.1. The molecule has 0 radical (unpaired) electrons. The zero-order valence-electron chi connectivity index (χ0n) is 22.0. The molecule has 6 nitrogen and oxygen atoms in total. The third kappa shape index (κ3) is 4.02. The zero-order chi connectivity index (χ0) is 24.8. The van der Waals surface area contributed by atoms with Gasteiger partial charge in [-0.1, -0.05) is 12.2 Å². The van der Waals surface area contributed by atoms with Crippen LogP contribution in [-0.4, -0.2) is 36.7 Å². The fourth-order valence-corrected chi connectivity index (χ4v) is 11.5. The van der Waals surface area contributed by atoms with Gasteiger partial charge in [0.15, 0.2) is 13.6 Å². The van der Waals surface area contributed by atoms with Crippen molar-refractivity contribution < 1.29 is 28.5 Å². The average molecular weight is 511 g/mol. The van der Waals surface area contributed by atoms with Gasteiger partial charge in [-0.15, -0.1) is 0 Å². The molecular weight excluding hydrogens is 468 g/mol. The van der Waals surface area contributed by atoms with Crippen molar-refractivity contribution in [1.82, 2.24) is 0 Å². The minimum atomic E-state index is -0.470. The van der Waals surface area contributed by atoms with E-state index in [9.17, 15) is 9.59 Å². The Kier molecular flexibility index (Phi) is 5.43. The second kappa shape index (κ2) is 8.55. The summed E-state index contributed by atoms with van der Waals surface area (Å²) in [5.74, 6) is 3.30. The van der Waals surface area contributed by atoms with Crippen molar-refractivity contribution >= 4 is 11.9 Å². The number of rotatable bonds is 8. The van der Waals surface area contributed by atoms with Crippen LogP contribution >= 0.6 is 0 Å². The standard InChI is InChI=1S/C31H42O6/c32-28(34-16-36-30-10-18-3-19(11-30)5-20(4-18)12-30)26-24-1-2-25(9-24)27(26)29(33)35-17-37-31-13-21-6-22(14-31)8-23(7-21)15-31/h1-2,18-27H,3-17H2. The monoisotopic (exact) mass is 510 g/mol. The smallest absolute Gasteiger partial charge is 0.312 e. The van der Waals surface area contributed by atoms with Gasteiger partial charge in [0.1, 0.15) is 0 Å². The van der Waals surface area contributed by atoms with Crippen LogP contribution in [0.25, 0.3) is 0 Å².